The number of aliphatic hydroxyl groups excluding tert-OH is 1. The van der Waals surface area contributed by atoms with Crippen LogP contribution in [-0.4, -0.2) is 31.5 Å². The Labute approximate surface area is 129 Å². The van der Waals surface area contributed by atoms with Crippen LogP contribution in [-0.2, 0) is 0 Å². The van der Waals surface area contributed by atoms with E-state index in [9.17, 15) is 5.11 Å². The van der Waals surface area contributed by atoms with Crippen LogP contribution in [0, 0.1) is 0 Å². The highest BCUT2D eigenvalue weighted by Crippen LogP contribution is 2.18. The highest BCUT2D eigenvalue weighted by molar-refractivity contribution is 7.10. The molecule has 1 aromatic carbocycles. The monoisotopic (exact) mass is 307 g/mol. The van der Waals surface area contributed by atoms with Crippen LogP contribution in [0.25, 0.3) is 0 Å². The van der Waals surface area contributed by atoms with E-state index < -0.39 is 6.10 Å². The Morgan fingerprint density at radius 1 is 1.19 bits per heavy atom. The fraction of sp³-hybridized carbons (Fsp3) is 0.375. The summed E-state index contributed by atoms with van der Waals surface area (Å²) in [4.78, 5) is 1.26. The summed E-state index contributed by atoms with van der Waals surface area (Å²) >= 11 is 1.71. The van der Waals surface area contributed by atoms with Gasteiger partial charge in [-0.05, 0) is 42.6 Å². The minimum atomic E-state index is -0.547. The van der Waals surface area contributed by atoms with E-state index in [2.05, 4.69) is 23.7 Å². The summed E-state index contributed by atoms with van der Waals surface area (Å²) < 4.78 is 10.6. The first-order valence-corrected chi connectivity index (χ1v) is 7.78. The van der Waals surface area contributed by atoms with Crippen LogP contribution in [0.15, 0.2) is 41.8 Å². The number of thiophene rings is 1. The predicted molar refractivity (Wildman–Crippen MR) is 85.2 cm³/mol. The summed E-state index contributed by atoms with van der Waals surface area (Å²) in [6.07, 6.45) is -0.547. The van der Waals surface area contributed by atoms with Crippen LogP contribution in [0.2, 0.25) is 0 Å². The van der Waals surface area contributed by atoms with Crippen LogP contribution < -0.4 is 14.8 Å². The van der Waals surface area contributed by atoms with E-state index >= 15 is 0 Å². The van der Waals surface area contributed by atoms with Gasteiger partial charge in [-0.3, -0.25) is 0 Å². The summed E-state index contributed by atoms with van der Waals surface area (Å²) in [6.45, 7) is 2.84. The molecule has 0 amide bonds. The van der Waals surface area contributed by atoms with Gasteiger partial charge in [-0.1, -0.05) is 6.07 Å². The molecule has 0 saturated carbocycles. The smallest absolute Gasteiger partial charge is 0.119 e. The van der Waals surface area contributed by atoms with Crippen molar-refractivity contribution in [2.75, 3.05) is 20.3 Å². The summed E-state index contributed by atoms with van der Waals surface area (Å²) in [5.41, 5.74) is 0. The fourth-order valence-corrected chi connectivity index (χ4v) is 2.63. The van der Waals surface area contributed by atoms with Gasteiger partial charge >= 0.3 is 0 Å². The van der Waals surface area contributed by atoms with Crippen LogP contribution in [0.1, 0.15) is 17.8 Å². The van der Waals surface area contributed by atoms with E-state index in [4.69, 9.17) is 9.47 Å². The van der Waals surface area contributed by atoms with Gasteiger partial charge in [0.15, 0.2) is 0 Å². The molecule has 0 bridgehead atoms. The van der Waals surface area contributed by atoms with Crippen molar-refractivity contribution in [3.8, 4) is 11.5 Å². The topological polar surface area (TPSA) is 50.7 Å². The molecule has 1 heterocycles. The number of hydrogen-bond donors (Lipinski definition) is 2. The SMILES string of the molecule is COc1ccc(OCC(O)CN[C@H](C)c2cccs2)cc1. The summed E-state index contributed by atoms with van der Waals surface area (Å²) in [6, 6.07) is 11.7. The Bertz CT molecular complexity index is 513. The van der Waals surface area contributed by atoms with Gasteiger partial charge in [-0.15, -0.1) is 11.3 Å². The summed E-state index contributed by atoms with van der Waals surface area (Å²) in [7, 11) is 1.63. The lowest BCUT2D eigenvalue weighted by molar-refractivity contribution is 0.104. The van der Waals surface area contributed by atoms with Crippen LogP contribution in [0.5, 0.6) is 11.5 Å². The van der Waals surface area contributed by atoms with Crippen molar-refractivity contribution in [1.82, 2.24) is 5.32 Å². The van der Waals surface area contributed by atoms with E-state index in [1.54, 1.807) is 18.4 Å². The normalized spacial score (nSPS) is 13.7. The van der Waals surface area contributed by atoms with Crippen molar-refractivity contribution >= 4 is 11.3 Å². The number of methoxy groups -OCH3 is 1. The average Bonchev–Trinajstić information content (AvgIpc) is 3.05. The maximum Gasteiger partial charge on any atom is 0.119 e. The Kier molecular flexibility index (Phi) is 6.04. The predicted octanol–water partition coefficient (Wildman–Crippen LogP) is 2.85. The quantitative estimate of drug-likeness (QED) is 0.787. The second kappa shape index (κ2) is 8.02. The van der Waals surface area contributed by atoms with Gasteiger partial charge in [0, 0.05) is 17.5 Å². The maximum absolute atomic E-state index is 9.95. The van der Waals surface area contributed by atoms with Gasteiger partial charge in [0.2, 0.25) is 0 Å². The van der Waals surface area contributed by atoms with Crippen LogP contribution in [0.3, 0.4) is 0 Å². The zero-order valence-electron chi connectivity index (χ0n) is 12.3. The molecule has 0 spiro atoms. The molecule has 0 radical (unpaired) electrons. The van der Waals surface area contributed by atoms with Crippen LogP contribution >= 0.6 is 11.3 Å². The highest BCUT2D eigenvalue weighted by Gasteiger charge is 2.10. The minimum Gasteiger partial charge on any atom is -0.497 e. The van der Waals surface area contributed by atoms with Gasteiger partial charge in [0.05, 0.1) is 7.11 Å². The second-order valence-corrected chi connectivity index (χ2v) is 5.76. The standard InChI is InChI=1S/C16H21NO3S/c1-12(16-4-3-9-21-16)17-10-13(18)11-20-15-7-5-14(19-2)6-8-15/h3-9,12-13,17-18H,10-11H2,1-2H3/t12-,13?/m1/s1. The van der Waals surface area contributed by atoms with Crippen molar-refractivity contribution in [2.24, 2.45) is 0 Å². The zero-order chi connectivity index (χ0) is 15.1. The molecule has 2 N–H and O–H groups in total. The zero-order valence-corrected chi connectivity index (χ0v) is 13.1. The Morgan fingerprint density at radius 2 is 1.90 bits per heavy atom. The Balaban J connectivity index is 1.70. The maximum atomic E-state index is 9.95. The first-order valence-electron chi connectivity index (χ1n) is 6.90. The molecule has 0 fully saturated rings. The largest absolute Gasteiger partial charge is 0.497 e. The lowest BCUT2D eigenvalue weighted by atomic mass is 10.2. The number of ether oxygens (including phenoxy) is 2. The average molecular weight is 307 g/mol. The van der Waals surface area contributed by atoms with Gasteiger partial charge in [-0.25, -0.2) is 0 Å². The first kappa shape index (κ1) is 15.8. The molecule has 1 aromatic heterocycles. The molecular formula is C16H21NO3S. The van der Waals surface area contributed by atoms with Crippen LogP contribution in [0.4, 0.5) is 0 Å². The minimum absolute atomic E-state index is 0.237. The van der Waals surface area contributed by atoms with E-state index in [0.717, 1.165) is 11.5 Å². The third-order valence-corrected chi connectivity index (χ3v) is 4.19. The lowest BCUT2D eigenvalue weighted by Gasteiger charge is -2.17. The van der Waals surface area contributed by atoms with Gasteiger partial charge < -0.3 is 19.9 Å². The third kappa shape index (κ3) is 5.04. The molecule has 0 saturated heterocycles. The molecule has 0 aliphatic carbocycles. The third-order valence-electron chi connectivity index (χ3n) is 3.13. The van der Waals surface area contributed by atoms with Crippen molar-refractivity contribution < 1.29 is 14.6 Å². The molecule has 21 heavy (non-hydrogen) atoms. The molecular weight excluding hydrogens is 286 g/mol. The molecule has 2 atom stereocenters. The van der Waals surface area contributed by atoms with Crippen molar-refractivity contribution in [1.29, 1.82) is 0 Å². The lowest BCUT2D eigenvalue weighted by Crippen LogP contribution is -2.32. The van der Waals surface area contributed by atoms with Gasteiger partial charge in [0.25, 0.3) is 0 Å². The van der Waals surface area contributed by atoms with Gasteiger partial charge in [0.1, 0.15) is 24.2 Å². The molecule has 114 valence electrons. The van der Waals surface area contributed by atoms with E-state index in [1.165, 1.54) is 4.88 Å². The number of rotatable bonds is 8. The summed E-state index contributed by atoms with van der Waals surface area (Å²) in [5.74, 6) is 1.51. The van der Waals surface area contributed by atoms with Crippen molar-refractivity contribution in [3.63, 3.8) is 0 Å². The molecule has 0 aliphatic heterocycles. The van der Waals surface area contributed by atoms with Crippen molar-refractivity contribution in [3.05, 3.63) is 46.7 Å². The molecule has 1 unspecified atom stereocenters. The highest BCUT2D eigenvalue weighted by atomic mass is 32.1. The molecule has 4 nitrogen and oxygen atoms in total. The molecule has 2 aromatic rings. The van der Waals surface area contributed by atoms with E-state index in [-0.39, 0.29) is 12.6 Å². The van der Waals surface area contributed by atoms with Gasteiger partial charge in [-0.2, -0.15) is 0 Å². The van der Waals surface area contributed by atoms with Crippen molar-refractivity contribution in [2.45, 2.75) is 19.1 Å². The van der Waals surface area contributed by atoms with E-state index in [0.29, 0.717) is 6.54 Å². The fourth-order valence-electron chi connectivity index (χ4n) is 1.87. The molecule has 2 rings (SSSR count). The number of aliphatic hydroxyl groups is 1. The number of hydrogen-bond acceptors (Lipinski definition) is 5. The Morgan fingerprint density at radius 3 is 2.52 bits per heavy atom. The number of nitrogens with one attached hydrogen (secondary N) is 1. The molecule has 5 heteroatoms. The number of benzene rings is 1. The van der Waals surface area contributed by atoms with E-state index in [1.807, 2.05) is 30.3 Å². The second-order valence-electron chi connectivity index (χ2n) is 4.79. The molecule has 0 aliphatic rings. The Hall–Kier alpha value is -1.56. The summed E-state index contributed by atoms with van der Waals surface area (Å²) in [5, 5.41) is 15.3. The first-order chi connectivity index (χ1) is 10.2.